The minimum absolute atomic E-state index is 0.0162. The van der Waals surface area contributed by atoms with Gasteiger partial charge in [-0.05, 0) is 18.6 Å². The molecule has 1 unspecified atom stereocenters. The zero-order chi connectivity index (χ0) is 10.7. The molecule has 0 saturated heterocycles. The van der Waals surface area contributed by atoms with Crippen molar-refractivity contribution in [2.75, 3.05) is 0 Å². The molecule has 2 heterocycles. The average molecular weight is 203 g/mol. The second kappa shape index (κ2) is 4.21. The molecule has 4 nitrogen and oxygen atoms in total. The van der Waals surface area contributed by atoms with Crippen molar-refractivity contribution in [2.45, 2.75) is 25.8 Å². The minimum atomic E-state index is -0.230. The van der Waals surface area contributed by atoms with E-state index in [4.69, 9.17) is 0 Å². The van der Waals surface area contributed by atoms with E-state index in [0.717, 1.165) is 18.5 Å². The lowest BCUT2D eigenvalue weighted by atomic mass is 10.2. The van der Waals surface area contributed by atoms with Crippen LogP contribution >= 0.6 is 0 Å². The number of hydrogen-bond donors (Lipinski definition) is 1. The first-order chi connectivity index (χ1) is 7.31. The first-order valence-corrected chi connectivity index (χ1v) is 5.11. The molecule has 0 bridgehead atoms. The Morgan fingerprint density at radius 1 is 1.47 bits per heavy atom. The number of rotatable bonds is 3. The van der Waals surface area contributed by atoms with Crippen molar-refractivity contribution in [2.24, 2.45) is 4.99 Å². The fourth-order valence-electron chi connectivity index (χ4n) is 1.55. The molecule has 1 amide bonds. The molecule has 0 fully saturated rings. The third-order valence-electron chi connectivity index (χ3n) is 2.30. The van der Waals surface area contributed by atoms with Crippen molar-refractivity contribution in [3.8, 4) is 0 Å². The first-order valence-electron chi connectivity index (χ1n) is 5.11. The third kappa shape index (κ3) is 2.03. The van der Waals surface area contributed by atoms with Crippen LogP contribution in [0.25, 0.3) is 0 Å². The zero-order valence-electron chi connectivity index (χ0n) is 8.60. The van der Waals surface area contributed by atoms with Crippen molar-refractivity contribution >= 4 is 11.7 Å². The quantitative estimate of drug-likeness (QED) is 0.800. The summed E-state index contributed by atoms with van der Waals surface area (Å²) in [6.45, 7) is 2.04. The van der Waals surface area contributed by atoms with E-state index in [1.807, 2.05) is 25.1 Å². The summed E-state index contributed by atoms with van der Waals surface area (Å²) in [7, 11) is 0. The van der Waals surface area contributed by atoms with Gasteiger partial charge in [0.15, 0.2) is 5.84 Å². The number of aliphatic imine (C=N–C) groups is 1. The number of carbonyl (C=O) groups excluding carboxylic acids is 1. The number of nitrogens with one attached hydrogen (secondary N) is 1. The highest BCUT2D eigenvalue weighted by molar-refractivity contribution is 6.12. The Balaban J connectivity index is 2.19. The third-order valence-corrected chi connectivity index (χ3v) is 2.30. The van der Waals surface area contributed by atoms with E-state index in [0.29, 0.717) is 5.84 Å². The van der Waals surface area contributed by atoms with E-state index in [1.165, 1.54) is 0 Å². The summed E-state index contributed by atoms with van der Waals surface area (Å²) in [6.07, 6.45) is 3.44. The Bertz CT molecular complexity index is 386. The van der Waals surface area contributed by atoms with Gasteiger partial charge in [-0.15, -0.1) is 0 Å². The molecular weight excluding hydrogens is 190 g/mol. The number of nitrogens with zero attached hydrogens (tertiary/aromatic N) is 2. The molecule has 0 spiro atoms. The van der Waals surface area contributed by atoms with E-state index < -0.39 is 0 Å². The Hall–Kier alpha value is -1.71. The summed E-state index contributed by atoms with van der Waals surface area (Å²) >= 11 is 0. The van der Waals surface area contributed by atoms with Crippen LogP contribution in [0.15, 0.2) is 29.4 Å². The molecule has 0 saturated carbocycles. The molecule has 0 radical (unpaired) electrons. The van der Waals surface area contributed by atoms with E-state index in [2.05, 4.69) is 15.3 Å². The van der Waals surface area contributed by atoms with Gasteiger partial charge in [0.25, 0.3) is 0 Å². The summed E-state index contributed by atoms with van der Waals surface area (Å²) in [5.74, 6) is 0.580. The van der Waals surface area contributed by atoms with Gasteiger partial charge in [0.05, 0.1) is 0 Å². The number of hydrogen-bond acceptors (Lipinski definition) is 3. The number of pyridine rings is 1. The molecule has 1 aromatic rings. The van der Waals surface area contributed by atoms with Gasteiger partial charge in [0.1, 0.15) is 11.7 Å². The van der Waals surface area contributed by atoms with Gasteiger partial charge < -0.3 is 5.32 Å². The van der Waals surface area contributed by atoms with E-state index in [1.54, 1.807) is 6.20 Å². The lowest BCUT2D eigenvalue weighted by molar-refractivity contribution is -0.120. The molecule has 1 aliphatic heterocycles. The fraction of sp³-hybridized carbons (Fsp3) is 0.364. The Kier molecular flexibility index (Phi) is 2.76. The molecule has 1 atom stereocenters. The van der Waals surface area contributed by atoms with Crippen LogP contribution in [0.3, 0.4) is 0 Å². The second-order valence-electron chi connectivity index (χ2n) is 3.49. The fourth-order valence-corrected chi connectivity index (χ4v) is 1.55. The molecule has 1 aliphatic rings. The maximum atomic E-state index is 11.5. The SMILES string of the molecule is CCCC1N=C(c2ccccn2)NC1=O. The molecule has 4 heteroatoms. The van der Waals surface area contributed by atoms with Crippen LogP contribution in [0, 0.1) is 0 Å². The van der Waals surface area contributed by atoms with Crippen molar-refractivity contribution in [3.05, 3.63) is 30.1 Å². The normalized spacial score (nSPS) is 19.9. The van der Waals surface area contributed by atoms with E-state index in [-0.39, 0.29) is 11.9 Å². The number of aromatic nitrogens is 1. The van der Waals surface area contributed by atoms with Gasteiger partial charge in [-0.25, -0.2) is 0 Å². The summed E-state index contributed by atoms with van der Waals surface area (Å²) in [6, 6.07) is 5.33. The van der Waals surface area contributed by atoms with Crippen molar-refractivity contribution in [3.63, 3.8) is 0 Å². The average Bonchev–Trinajstić information content (AvgIpc) is 2.63. The van der Waals surface area contributed by atoms with Crippen LogP contribution < -0.4 is 5.32 Å². The lowest BCUT2D eigenvalue weighted by Gasteiger charge is -1.99. The molecule has 78 valence electrons. The van der Waals surface area contributed by atoms with Crippen LogP contribution in [0.1, 0.15) is 25.5 Å². The molecule has 1 aromatic heterocycles. The Morgan fingerprint density at radius 2 is 2.33 bits per heavy atom. The van der Waals surface area contributed by atoms with Crippen LogP contribution in [0.4, 0.5) is 0 Å². The van der Waals surface area contributed by atoms with Crippen molar-refractivity contribution in [1.82, 2.24) is 10.3 Å². The monoisotopic (exact) mass is 203 g/mol. The van der Waals surface area contributed by atoms with Crippen LogP contribution in [0.2, 0.25) is 0 Å². The van der Waals surface area contributed by atoms with Gasteiger partial charge in [0, 0.05) is 6.20 Å². The highest BCUT2D eigenvalue weighted by Crippen LogP contribution is 2.10. The molecular formula is C11H13N3O. The summed E-state index contributed by atoms with van der Waals surface area (Å²) in [4.78, 5) is 20.0. The molecule has 2 rings (SSSR count). The predicted molar refractivity (Wildman–Crippen MR) is 57.6 cm³/mol. The van der Waals surface area contributed by atoms with Crippen LogP contribution in [-0.2, 0) is 4.79 Å². The van der Waals surface area contributed by atoms with Crippen LogP contribution in [0.5, 0.6) is 0 Å². The van der Waals surface area contributed by atoms with Gasteiger partial charge in [-0.3, -0.25) is 14.8 Å². The number of amides is 1. The van der Waals surface area contributed by atoms with Gasteiger partial charge in [0.2, 0.25) is 5.91 Å². The largest absolute Gasteiger partial charge is 0.307 e. The maximum absolute atomic E-state index is 11.5. The van der Waals surface area contributed by atoms with Crippen molar-refractivity contribution in [1.29, 1.82) is 0 Å². The molecule has 1 N–H and O–H groups in total. The van der Waals surface area contributed by atoms with Crippen LogP contribution in [-0.4, -0.2) is 22.8 Å². The van der Waals surface area contributed by atoms with Gasteiger partial charge in [-0.2, -0.15) is 0 Å². The molecule has 0 aromatic carbocycles. The van der Waals surface area contributed by atoms with Crippen molar-refractivity contribution < 1.29 is 4.79 Å². The molecule has 15 heavy (non-hydrogen) atoms. The smallest absolute Gasteiger partial charge is 0.250 e. The number of amidine groups is 1. The Morgan fingerprint density at radius 3 is 3.00 bits per heavy atom. The van der Waals surface area contributed by atoms with Gasteiger partial charge >= 0.3 is 0 Å². The summed E-state index contributed by atoms with van der Waals surface area (Å²) < 4.78 is 0. The standard InChI is InChI=1S/C11H13N3O/c1-2-5-9-11(15)14-10(13-9)8-6-3-4-7-12-8/h3-4,6-7,9H,2,5H2,1H3,(H,13,14,15). The summed E-state index contributed by atoms with van der Waals surface area (Å²) in [5.41, 5.74) is 0.726. The Labute approximate surface area is 88.4 Å². The topological polar surface area (TPSA) is 54.4 Å². The zero-order valence-corrected chi connectivity index (χ0v) is 8.60. The molecule has 0 aliphatic carbocycles. The predicted octanol–water partition coefficient (Wildman–Crippen LogP) is 1.13. The minimum Gasteiger partial charge on any atom is -0.307 e. The second-order valence-corrected chi connectivity index (χ2v) is 3.49. The number of carbonyl (C=O) groups is 1. The lowest BCUT2D eigenvalue weighted by Crippen LogP contribution is -2.29. The van der Waals surface area contributed by atoms with Gasteiger partial charge in [-0.1, -0.05) is 19.4 Å². The summed E-state index contributed by atoms with van der Waals surface area (Å²) in [5, 5.41) is 2.75. The maximum Gasteiger partial charge on any atom is 0.250 e. The van der Waals surface area contributed by atoms with E-state index >= 15 is 0 Å². The highest BCUT2D eigenvalue weighted by atomic mass is 16.2. The van der Waals surface area contributed by atoms with E-state index in [9.17, 15) is 4.79 Å². The highest BCUT2D eigenvalue weighted by Gasteiger charge is 2.26. The first kappa shape index (κ1) is 9.83.